The fourth-order valence-corrected chi connectivity index (χ4v) is 2.11. The summed E-state index contributed by atoms with van der Waals surface area (Å²) in [6, 6.07) is 12.6. The van der Waals surface area contributed by atoms with E-state index in [1.165, 1.54) is 0 Å². The number of hydrogen-bond donors (Lipinski definition) is 1. The van der Waals surface area contributed by atoms with E-state index in [0.29, 0.717) is 16.7 Å². The van der Waals surface area contributed by atoms with E-state index >= 15 is 0 Å². The lowest BCUT2D eigenvalue weighted by molar-refractivity contribution is -0.136. The number of aryl methyl sites for hydroxylation is 2. The molecule has 0 fully saturated rings. The Morgan fingerprint density at radius 3 is 2.15 bits per heavy atom. The summed E-state index contributed by atoms with van der Waals surface area (Å²) in [7, 11) is 0. The standard InChI is InChI=1S/C17H16O3/c1-11-3-6-13(7-4-11)17(20)15-8-5-12(2)9-14(15)10-16(18)19/h3-9H,10H2,1-2H3,(H,18,19). The van der Waals surface area contributed by atoms with E-state index in [1.807, 2.05) is 32.0 Å². The third kappa shape index (κ3) is 3.12. The first-order valence-corrected chi connectivity index (χ1v) is 6.40. The zero-order chi connectivity index (χ0) is 14.7. The van der Waals surface area contributed by atoms with Crippen molar-refractivity contribution in [3.63, 3.8) is 0 Å². The van der Waals surface area contributed by atoms with Crippen LogP contribution in [0, 0.1) is 13.8 Å². The molecule has 0 heterocycles. The van der Waals surface area contributed by atoms with Gasteiger partial charge in [0.2, 0.25) is 0 Å². The second-order valence-electron chi connectivity index (χ2n) is 4.93. The second-order valence-corrected chi connectivity index (χ2v) is 4.93. The van der Waals surface area contributed by atoms with Crippen LogP contribution < -0.4 is 0 Å². The number of carbonyl (C=O) groups is 2. The lowest BCUT2D eigenvalue weighted by Crippen LogP contribution is -2.09. The van der Waals surface area contributed by atoms with E-state index in [-0.39, 0.29) is 12.2 Å². The van der Waals surface area contributed by atoms with Crippen LogP contribution in [0.2, 0.25) is 0 Å². The van der Waals surface area contributed by atoms with Gasteiger partial charge in [0.25, 0.3) is 0 Å². The van der Waals surface area contributed by atoms with Crippen molar-refractivity contribution in [2.75, 3.05) is 0 Å². The van der Waals surface area contributed by atoms with Crippen molar-refractivity contribution in [2.24, 2.45) is 0 Å². The third-order valence-corrected chi connectivity index (χ3v) is 3.16. The molecule has 0 saturated heterocycles. The average molecular weight is 268 g/mol. The minimum absolute atomic E-state index is 0.138. The molecule has 2 rings (SSSR count). The van der Waals surface area contributed by atoms with Gasteiger partial charge in [0.05, 0.1) is 6.42 Å². The summed E-state index contributed by atoms with van der Waals surface area (Å²) in [6.45, 7) is 3.83. The van der Waals surface area contributed by atoms with Gasteiger partial charge in [-0.05, 0) is 19.4 Å². The molecule has 0 aromatic heterocycles. The summed E-state index contributed by atoms with van der Waals surface area (Å²) in [5, 5.41) is 8.96. The van der Waals surface area contributed by atoms with E-state index in [1.54, 1.807) is 24.3 Å². The van der Waals surface area contributed by atoms with Gasteiger partial charge < -0.3 is 5.11 Å². The zero-order valence-electron chi connectivity index (χ0n) is 11.5. The summed E-state index contributed by atoms with van der Waals surface area (Å²) in [6.07, 6.45) is -0.144. The van der Waals surface area contributed by atoms with E-state index in [2.05, 4.69) is 0 Å². The average Bonchev–Trinajstić information content (AvgIpc) is 2.38. The first-order chi connectivity index (χ1) is 9.47. The lowest BCUT2D eigenvalue weighted by Gasteiger charge is -2.08. The molecular formula is C17H16O3. The molecule has 1 N–H and O–H groups in total. The first kappa shape index (κ1) is 14.0. The van der Waals surface area contributed by atoms with Crippen molar-refractivity contribution in [3.05, 3.63) is 70.3 Å². The number of carboxylic acids is 1. The Labute approximate surface area is 117 Å². The smallest absolute Gasteiger partial charge is 0.307 e. The van der Waals surface area contributed by atoms with Crippen molar-refractivity contribution in [1.29, 1.82) is 0 Å². The molecule has 0 aliphatic heterocycles. The largest absolute Gasteiger partial charge is 0.481 e. The Hall–Kier alpha value is -2.42. The molecule has 2 aromatic carbocycles. The van der Waals surface area contributed by atoms with Crippen LogP contribution in [0.15, 0.2) is 42.5 Å². The molecule has 2 aromatic rings. The predicted molar refractivity (Wildman–Crippen MR) is 77.1 cm³/mol. The van der Waals surface area contributed by atoms with Gasteiger partial charge in [0.1, 0.15) is 0 Å². The molecule has 0 amide bonds. The van der Waals surface area contributed by atoms with Crippen LogP contribution in [-0.2, 0) is 11.2 Å². The molecule has 3 nitrogen and oxygen atoms in total. The molecule has 0 atom stereocenters. The minimum Gasteiger partial charge on any atom is -0.481 e. The van der Waals surface area contributed by atoms with Gasteiger partial charge in [-0.25, -0.2) is 0 Å². The summed E-state index contributed by atoms with van der Waals surface area (Å²) in [5.74, 6) is -1.07. The molecule has 0 saturated carbocycles. The van der Waals surface area contributed by atoms with Gasteiger partial charge in [-0.2, -0.15) is 0 Å². The Morgan fingerprint density at radius 2 is 1.55 bits per heavy atom. The van der Waals surface area contributed by atoms with E-state index in [4.69, 9.17) is 5.11 Å². The summed E-state index contributed by atoms with van der Waals surface area (Å²) in [5.41, 5.74) is 3.62. The highest BCUT2D eigenvalue weighted by molar-refractivity contribution is 6.10. The van der Waals surface area contributed by atoms with Crippen LogP contribution >= 0.6 is 0 Å². The summed E-state index contributed by atoms with van der Waals surface area (Å²) in [4.78, 5) is 23.4. The number of ketones is 1. The molecule has 0 aliphatic carbocycles. The quantitative estimate of drug-likeness (QED) is 0.866. The highest BCUT2D eigenvalue weighted by atomic mass is 16.4. The molecule has 0 spiro atoms. The van der Waals surface area contributed by atoms with Gasteiger partial charge in [-0.3, -0.25) is 9.59 Å². The van der Waals surface area contributed by atoms with Gasteiger partial charge in [-0.1, -0.05) is 53.6 Å². The Morgan fingerprint density at radius 1 is 0.950 bits per heavy atom. The number of aliphatic carboxylic acids is 1. The number of hydrogen-bond acceptors (Lipinski definition) is 2. The Balaban J connectivity index is 2.43. The summed E-state index contributed by atoms with van der Waals surface area (Å²) >= 11 is 0. The van der Waals surface area contributed by atoms with E-state index < -0.39 is 5.97 Å². The van der Waals surface area contributed by atoms with Crippen molar-refractivity contribution in [1.82, 2.24) is 0 Å². The summed E-state index contributed by atoms with van der Waals surface area (Å²) < 4.78 is 0. The highest BCUT2D eigenvalue weighted by Crippen LogP contribution is 2.17. The second kappa shape index (κ2) is 5.70. The zero-order valence-corrected chi connectivity index (χ0v) is 11.5. The normalized spacial score (nSPS) is 10.3. The molecule has 0 bridgehead atoms. The number of carbonyl (C=O) groups excluding carboxylic acids is 1. The van der Waals surface area contributed by atoms with Crippen LogP contribution in [0.25, 0.3) is 0 Å². The molecule has 3 heteroatoms. The number of carboxylic acid groups (broad SMARTS) is 1. The fraction of sp³-hybridized carbons (Fsp3) is 0.176. The first-order valence-electron chi connectivity index (χ1n) is 6.40. The molecule has 0 aliphatic rings. The molecule has 0 radical (unpaired) electrons. The Bertz CT molecular complexity index is 654. The van der Waals surface area contributed by atoms with E-state index in [9.17, 15) is 9.59 Å². The highest BCUT2D eigenvalue weighted by Gasteiger charge is 2.15. The molecule has 0 unspecified atom stereocenters. The maximum Gasteiger partial charge on any atom is 0.307 e. The van der Waals surface area contributed by atoms with Crippen LogP contribution in [-0.4, -0.2) is 16.9 Å². The monoisotopic (exact) mass is 268 g/mol. The van der Waals surface area contributed by atoms with Crippen molar-refractivity contribution < 1.29 is 14.7 Å². The van der Waals surface area contributed by atoms with Crippen LogP contribution in [0.1, 0.15) is 32.6 Å². The third-order valence-electron chi connectivity index (χ3n) is 3.16. The van der Waals surface area contributed by atoms with Gasteiger partial charge in [-0.15, -0.1) is 0 Å². The van der Waals surface area contributed by atoms with Gasteiger partial charge in [0, 0.05) is 11.1 Å². The molecule has 102 valence electrons. The number of benzene rings is 2. The van der Waals surface area contributed by atoms with Gasteiger partial charge in [0.15, 0.2) is 5.78 Å². The van der Waals surface area contributed by atoms with E-state index in [0.717, 1.165) is 11.1 Å². The van der Waals surface area contributed by atoms with Crippen LogP contribution in [0.4, 0.5) is 0 Å². The fourth-order valence-electron chi connectivity index (χ4n) is 2.11. The minimum atomic E-state index is -0.937. The van der Waals surface area contributed by atoms with Gasteiger partial charge >= 0.3 is 5.97 Å². The van der Waals surface area contributed by atoms with Crippen molar-refractivity contribution >= 4 is 11.8 Å². The predicted octanol–water partition coefficient (Wildman–Crippen LogP) is 3.16. The number of rotatable bonds is 4. The van der Waals surface area contributed by atoms with Crippen molar-refractivity contribution in [2.45, 2.75) is 20.3 Å². The van der Waals surface area contributed by atoms with Crippen molar-refractivity contribution in [3.8, 4) is 0 Å². The molecule has 20 heavy (non-hydrogen) atoms. The maximum atomic E-state index is 12.5. The lowest BCUT2D eigenvalue weighted by atomic mass is 9.95. The Kier molecular flexibility index (Phi) is 3.99. The van der Waals surface area contributed by atoms with Crippen LogP contribution in [0.3, 0.4) is 0 Å². The van der Waals surface area contributed by atoms with Crippen LogP contribution in [0.5, 0.6) is 0 Å². The SMILES string of the molecule is Cc1ccc(C(=O)c2ccc(C)cc2CC(=O)O)cc1. The topological polar surface area (TPSA) is 54.4 Å². The molecular weight excluding hydrogens is 252 g/mol. The maximum absolute atomic E-state index is 12.5.